The molecule has 1 aliphatic rings. The van der Waals surface area contributed by atoms with E-state index in [9.17, 15) is 14.4 Å². The number of carbonyl (C=O) groups is 3. The van der Waals surface area contributed by atoms with Gasteiger partial charge in [0, 0.05) is 5.69 Å². The third-order valence-corrected chi connectivity index (χ3v) is 3.98. The van der Waals surface area contributed by atoms with Crippen molar-refractivity contribution in [1.29, 1.82) is 0 Å². The molecule has 23 heavy (non-hydrogen) atoms. The fourth-order valence-corrected chi connectivity index (χ4v) is 2.63. The number of fused-ring (bicyclic) bond motifs is 1. The van der Waals surface area contributed by atoms with E-state index >= 15 is 0 Å². The molecule has 1 unspecified atom stereocenters. The Labute approximate surface area is 136 Å². The second kappa shape index (κ2) is 7.35. The van der Waals surface area contributed by atoms with Crippen LogP contribution in [0.15, 0.2) is 0 Å². The number of aryl methyl sites for hydroxylation is 1. The van der Waals surface area contributed by atoms with Crippen molar-refractivity contribution in [2.75, 3.05) is 13.7 Å². The van der Waals surface area contributed by atoms with Crippen molar-refractivity contribution < 1.29 is 19.1 Å². The molecule has 0 saturated heterocycles. The maximum Gasteiger partial charge on any atom is 0.325 e. The van der Waals surface area contributed by atoms with Crippen LogP contribution in [0.1, 0.15) is 59.7 Å². The highest BCUT2D eigenvalue weighted by molar-refractivity contribution is 6.06. The number of rotatable bonds is 3. The summed E-state index contributed by atoms with van der Waals surface area (Å²) in [7, 11) is 1.25. The van der Waals surface area contributed by atoms with Gasteiger partial charge in [0.2, 0.25) is 0 Å². The first kappa shape index (κ1) is 18.8. The zero-order valence-electron chi connectivity index (χ0n) is 14.8. The third kappa shape index (κ3) is 3.25. The van der Waals surface area contributed by atoms with Gasteiger partial charge in [0.1, 0.15) is 12.6 Å². The summed E-state index contributed by atoms with van der Waals surface area (Å²) in [6, 6.07) is -0.815. The summed E-state index contributed by atoms with van der Waals surface area (Å²) in [4.78, 5) is 41.7. The average molecular weight is 320 g/mol. The molecule has 0 N–H and O–H groups in total. The van der Waals surface area contributed by atoms with Gasteiger partial charge in [0.25, 0.3) is 5.91 Å². The maximum atomic E-state index is 12.6. The summed E-state index contributed by atoms with van der Waals surface area (Å²) in [6.07, 6.45) is 0. The molecule has 2 rings (SSSR count). The van der Waals surface area contributed by atoms with Crippen molar-refractivity contribution in [2.24, 2.45) is 0 Å². The van der Waals surface area contributed by atoms with E-state index in [2.05, 4.69) is 9.72 Å². The zero-order chi connectivity index (χ0) is 17.9. The topological polar surface area (TPSA) is 76.6 Å². The lowest BCUT2D eigenvalue weighted by atomic mass is 9.99. The molecule has 6 nitrogen and oxygen atoms in total. The van der Waals surface area contributed by atoms with Gasteiger partial charge in [-0.15, -0.1) is 0 Å². The van der Waals surface area contributed by atoms with Crippen molar-refractivity contribution in [3.63, 3.8) is 0 Å². The lowest BCUT2D eigenvalue weighted by Crippen LogP contribution is -2.36. The quantitative estimate of drug-likeness (QED) is 0.799. The number of ether oxygens (including phenoxy) is 1. The highest BCUT2D eigenvalue weighted by atomic mass is 16.5. The normalized spacial score (nSPS) is 15.7. The first-order valence-corrected chi connectivity index (χ1v) is 7.65. The van der Waals surface area contributed by atoms with E-state index < -0.39 is 12.0 Å². The number of Topliss-reactive ketones (excluding diaryl/α,β-unsaturated/α-hetero) is 1. The van der Waals surface area contributed by atoms with Crippen molar-refractivity contribution in [3.05, 3.63) is 28.1 Å². The Morgan fingerprint density at radius 1 is 1.17 bits per heavy atom. The number of pyridine rings is 1. The van der Waals surface area contributed by atoms with Gasteiger partial charge in [-0.25, -0.2) is 0 Å². The fraction of sp³-hybridized carbons (Fsp3) is 0.529. The molecule has 0 radical (unpaired) electrons. The standard InChI is InChI=1S/C15H18N2O4.C2H6/c1-7-8(2)12-13(16-9(7)3)14(10(4)18)17(15(12)20)6-11(19)21-5;1-2/h14H,6H2,1-5H3;1-2H3. The SMILES string of the molecule is CC.COC(=O)CN1C(=O)c2c(nc(C)c(C)c2C)C1C(C)=O. The summed E-state index contributed by atoms with van der Waals surface area (Å²) in [5.74, 6) is -1.13. The Bertz CT molecular complexity index is 652. The van der Waals surface area contributed by atoms with Crippen molar-refractivity contribution in [1.82, 2.24) is 9.88 Å². The lowest BCUT2D eigenvalue weighted by Gasteiger charge is -2.21. The van der Waals surface area contributed by atoms with Crippen molar-refractivity contribution in [2.45, 2.75) is 47.6 Å². The summed E-state index contributed by atoms with van der Waals surface area (Å²) in [5.41, 5.74) is 3.38. The van der Waals surface area contributed by atoms with Crippen LogP contribution in [-0.4, -0.2) is 41.2 Å². The number of methoxy groups -OCH3 is 1. The Morgan fingerprint density at radius 3 is 2.22 bits per heavy atom. The third-order valence-electron chi connectivity index (χ3n) is 3.98. The summed E-state index contributed by atoms with van der Waals surface area (Å²) in [5, 5.41) is 0. The second-order valence-corrected chi connectivity index (χ2v) is 5.23. The van der Waals surface area contributed by atoms with Gasteiger partial charge in [-0.1, -0.05) is 13.8 Å². The molecule has 0 aliphatic carbocycles. The molecule has 126 valence electrons. The molecule has 0 fully saturated rings. The number of aromatic nitrogens is 1. The molecular formula is C17H24N2O4. The zero-order valence-corrected chi connectivity index (χ0v) is 14.8. The van der Waals surface area contributed by atoms with Crippen LogP contribution in [0.5, 0.6) is 0 Å². The van der Waals surface area contributed by atoms with Crippen molar-refractivity contribution >= 4 is 17.7 Å². The van der Waals surface area contributed by atoms with Gasteiger partial charge >= 0.3 is 5.97 Å². The van der Waals surface area contributed by atoms with E-state index in [4.69, 9.17) is 0 Å². The number of hydrogen-bond donors (Lipinski definition) is 0. The van der Waals surface area contributed by atoms with Crippen LogP contribution in [0.2, 0.25) is 0 Å². The molecule has 0 bridgehead atoms. The largest absolute Gasteiger partial charge is 0.468 e. The van der Waals surface area contributed by atoms with Gasteiger partial charge in [-0.3, -0.25) is 19.4 Å². The minimum atomic E-state index is -0.815. The van der Waals surface area contributed by atoms with E-state index in [1.165, 1.54) is 18.9 Å². The van der Waals surface area contributed by atoms with Gasteiger partial charge in [-0.2, -0.15) is 0 Å². The van der Waals surface area contributed by atoms with E-state index in [0.29, 0.717) is 11.3 Å². The average Bonchev–Trinajstić information content (AvgIpc) is 2.79. The molecule has 0 spiro atoms. The van der Waals surface area contributed by atoms with Crippen LogP contribution in [0.25, 0.3) is 0 Å². The van der Waals surface area contributed by atoms with Crippen LogP contribution in [-0.2, 0) is 14.3 Å². The Kier molecular flexibility index (Phi) is 6.01. The molecule has 2 heterocycles. The monoisotopic (exact) mass is 320 g/mol. The highest BCUT2D eigenvalue weighted by Gasteiger charge is 2.43. The molecule has 6 heteroatoms. The molecule has 1 aromatic rings. The number of hydrogen-bond acceptors (Lipinski definition) is 5. The van der Waals surface area contributed by atoms with Crippen LogP contribution in [0.3, 0.4) is 0 Å². The Hall–Kier alpha value is -2.24. The van der Waals surface area contributed by atoms with E-state index in [1.807, 2.05) is 34.6 Å². The maximum absolute atomic E-state index is 12.6. The fourth-order valence-electron chi connectivity index (χ4n) is 2.63. The van der Waals surface area contributed by atoms with Gasteiger partial charge < -0.3 is 9.64 Å². The molecular weight excluding hydrogens is 296 g/mol. The van der Waals surface area contributed by atoms with Crippen LogP contribution in [0.4, 0.5) is 0 Å². The highest BCUT2D eigenvalue weighted by Crippen LogP contribution is 2.36. The minimum absolute atomic E-state index is 0.221. The molecule has 1 atom stereocenters. The number of ketones is 1. The van der Waals surface area contributed by atoms with E-state index in [0.717, 1.165) is 16.8 Å². The predicted octanol–water partition coefficient (Wildman–Crippen LogP) is 2.29. The van der Waals surface area contributed by atoms with Gasteiger partial charge in [-0.05, 0) is 38.8 Å². The molecule has 1 aliphatic heterocycles. The van der Waals surface area contributed by atoms with E-state index in [1.54, 1.807) is 0 Å². The smallest absolute Gasteiger partial charge is 0.325 e. The molecule has 0 saturated carbocycles. The number of amides is 1. The molecule has 1 amide bonds. The first-order chi connectivity index (χ1) is 10.8. The number of nitrogens with zero attached hydrogens (tertiary/aromatic N) is 2. The number of carbonyl (C=O) groups excluding carboxylic acids is 3. The second-order valence-electron chi connectivity index (χ2n) is 5.23. The minimum Gasteiger partial charge on any atom is -0.468 e. The Balaban J connectivity index is 0.00000127. The Morgan fingerprint density at radius 2 is 1.74 bits per heavy atom. The summed E-state index contributed by atoms with van der Waals surface area (Å²) in [6.45, 7) is 10.7. The number of esters is 1. The predicted molar refractivity (Wildman–Crippen MR) is 86.3 cm³/mol. The van der Waals surface area contributed by atoms with Crippen LogP contribution < -0.4 is 0 Å². The van der Waals surface area contributed by atoms with Gasteiger partial charge in [0.15, 0.2) is 5.78 Å². The first-order valence-electron chi connectivity index (χ1n) is 7.65. The van der Waals surface area contributed by atoms with Crippen molar-refractivity contribution in [3.8, 4) is 0 Å². The summed E-state index contributed by atoms with van der Waals surface area (Å²) >= 11 is 0. The lowest BCUT2D eigenvalue weighted by molar-refractivity contribution is -0.142. The summed E-state index contributed by atoms with van der Waals surface area (Å²) < 4.78 is 4.60. The molecule has 0 aromatic carbocycles. The van der Waals surface area contributed by atoms with Gasteiger partial charge in [0.05, 0.1) is 18.4 Å². The van der Waals surface area contributed by atoms with Crippen LogP contribution in [0, 0.1) is 20.8 Å². The van der Waals surface area contributed by atoms with E-state index in [-0.39, 0.29) is 18.2 Å². The molecule has 1 aromatic heterocycles. The van der Waals surface area contributed by atoms with Crippen LogP contribution >= 0.6 is 0 Å².